The Kier molecular flexibility index (Phi) is 6.36. The van der Waals surface area contributed by atoms with Crippen molar-refractivity contribution in [2.75, 3.05) is 11.9 Å². The van der Waals surface area contributed by atoms with Gasteiger partial charge in [0.2, 0.25) is 0 Å². The summed E-state index contributed by atoms with van der Waals surface area (Å²) >= 11 is 0. The highest BCUT2D eigenvalue weighted by Crippen LogP contribution is 2.13. The number of esters is 1. The van der Waals surface area contributed by atoms with Crippen LogP contribution in [0.1, 0.15) is 15.9 Å². The molecule has 0 radical (unpaired) electrons. The molecule has 3 rings (SSSR count). The molecule has 3 aromatic rings. The second kappa shape index (κ2) is 9.32. The molecule has 0 aliphatic rings. The van der Waals surface area contributed by atoms with Crippen LogP contribution in [0.2, 0.25) is 0 Å². The topological polar surface area (TPSA) is 64.6 Å². The van der Waals surface area contributed by atoms with Crippen LogP contribution in [0.25, 0.3) is 0 Å². The molecule has 0 saturated carbocycles. The summed E-state index contributed by atoms with van der Waals surface area (Å²) in [7, 11) is 0. The predicted molar refractivity (Wildman–Crippen MR) is 103 cm³/mol. The van der Waals surface area contributed by atoms with E-state index in [-0.39, 0.29) is 0 Å². The highest BCUT2D eigenvalue weighted by atomic mass is 19.1. The molecule has 0 atom stereocenters. The molecule has 0 spiro atoms. The van der Waals surface area contributed by atoms with Crippen molar-refractivity contribution >= 4 is 17.6 Å². The molecule has 1 amide bonds. The minimum Gasteiger partial charge on any atom is -0.489 e. The Morgan fingerprint density at radius 2 is 1.54 bits per heavy atom. The standard InChI is InChI=1S/C22H18FNO4/c23-18-10-12-19(13-11-18)24-21(25)15-28-22(26)17-8-6-16(7-9-17)14-27-20-4-2-1-3-5-20/h1-13H,14-15H2,(H,24,25). The van der Waals surface area contributed by atoms with E-state index in [0.29, 0.717) is 17.9 Å². The Morgan fingerprint density at radius 3 is 2.21 bits per heavy atom. The van der Waals surface area contributed by atoms with E-state index in [1.807, 2.05) is 30.3 Å². The molecule has 0 aromatic heterocycles. The predicted octanol–water partition coefficient (Wildman–Crippen LogP) is 4.20. The van der Waals surface area contributed by atoms with Gasteiger partial charge >= 0.3 is 5.97 Å². The van der Waals surface area contributed by atoms with Crippen molar-refractivity contribution in [3.05, 3.63) is 95.8 Å². The van der Waals surface area contributed by atoms with Crippen LogP contribution in [-0.2, 0) is 16.1 Å². The number of hydrogen-bond donors (Lipinski definition) is 1. The third-order valence-corrected chi connectivity index (χ3v) is 3.80. The number of amides is 1. The largest absolute Gasteiger partial charge is 0.489 e. The monoisotopic (exact) mass is 379 g/mol. The van der Waals surface area contributed by atoms with Gasteiger partial charge in [-0.2, -0.15) is 0 Å². The molecule has 1 N–H and O–H groups in total. The number of benzene rings is 3. The Balaban J connectivity index is 1.46. The lowest BCUT2D eigenvalue weighted by atomic mass is 10.1. The average Bonchev–Trinajstić information content (AvgIpc) is 2.73. The lowest BCUT2D eigenvalue weighted by Gasteiger charge is -2.08. The second-order valence-electron chi connectivity index (χ2n) is 5.93. The molecule has 0 unspecified atom stereocenters. The van der Waals surface area contributed by atoms with Gasteiger partial charge in [0.15, 0.2) is 6.61 Å². The Hall–Kier alpha value is -3.67. The molecule has 0 heterocycles. The van der Waals surface area contributed by atoms with E-state index in [4.69, 9.17) is 9.47 Å². The number of carbonyl (C=O) groups excluding carboxylic acids is 2. The van der Waals surface area contributed by atoms with Crippen LogP contribution in [0.3, 0.4) is 0 Å². The summed E-state index contributed by atoms with van der Waals surface area (Å²) in [6.45, 7) is -0.0610. The smallest absolute Gasteiger partial charge is 0.338 e. The zero-order valence-corrected chi connectivity index (χ0v) is 14.9. The summed E-state index contributed by atoms with van der Waals surface area (Å²) in [4.78, 5) is 23.9. The highest BCUT2D eigenvalue weighted by Gasteiger charge is 2.10. The van der Waals surface area contributed by atoms with Gasteiger partial charge in [-0.15, -0.1) is 0 Å². The summed E-state index contributed by atoms with van der Waals surface area (Å²) in [5.41, 5.74) is 1.65. The first-order chi connectivity index (χ1) is 13.6. The molecule has 5 nitrogen and oxygen atoms in total. The fourth-order valence-electron chi connectivity index (χ4n) is 2.37. The minimum absolute atomic E-state index is 0.332. The van der Waals surface area contributed by atoms with Crippen LogP contribution >= 0.6 is 0 Å². The fraction of sp³-hybridized carbons (Fsp3) is 0.0909. The Bertz CT molecular complexity index is 925. The van der Waals surface area contributed by atoms with Gasteiger partial charge in [-0.25, -0.2) is 9.18 Å². The number of ether oxygens (including phenoxy) is 2. The second-order valence-corrected chi connectivity index (χ2v) is 5.93. The summed E-state index contributed by atoms with van der Waals surface area (Å²) in [6.07, 6.45) is 0. The number of para-hydroxylation sites is 1. The number of halogens is 1. The van der Waals surface area contributed by atoms with Crippen LogP contribution in [0.5, 0.6) is 5.75 Å². The molecule has 3 aromatic carbocycles. The first-order valence-electron chi connectivity index (χ1n) is 8.59. The third-order valence-electron chi connectivity index (χ3n) is 3.80. The van der Waals surface area contributed by atoms with Crippen molar-refractivity contribution < 1.29 is 23.5 Å². The van der Waals surface area contributed by atoms with Crippen molar-refractivity contribution in [1.82, 2.24) is 0 Å². The van der Waals surface area contributed by atoms with Gasteiger partial charge in [-0.05, 0) is 54.1 Å². The third kappa shape index (κ3) is 5.67. The minimum atomic E-state index is -0.607. The van der Waals surface area contributed by atoms with Gasteiger partial charge in [0.05, 0.1) is 5.56 Å². The summed E-state index contributed by atoms with van der Waals surface area (Å²) in [6, 6.07) is 21.5. The van der Waals surface area contributed by atoms with E-state index in [0.717, 1.165) is 11.3 Å². The summed E-state index contributed by atoms with van der Waals surface area (Å²) in [5, 5.41) is 2.52. The van der Waals surface area contributed by atoms with Gasteiger partial charge in [-0.3, -0.25) is 4.79 Å². The van der Waals surface area contributed by atoms with Crippen LogP contribution < -0.4 is 10.1 Å². The number of rotatable bonds is 7. The molecular formula is C22H18FNO4. The molecule has 0 saturated heterocycles. The quantitative estimate of drug-likeness (QED) is 0.625. The van der Waals surface area contributed by atoms with Gasteiger partial charge in [-0.1, -0.05) is 30.3 Å². The van der Waals surface area contributed by atoms with E-state index in [2.05, 4.69) is 5.32 Å². The molecule has 28 heavy (non-hydrogen) atoms. The molecule has 0 aliphatic carbocycles. The first kappa shape index (κ1) is 19.1. The lowest BCUT2D eigenvalue weighted by Crippen LogP contribution is -2.20. The maximum absolute atomic E-state index is 12.8. The number of carbonyl (C=O) groups is 2. The first-order valence-corrected chi connectivity index (χ1v) is 8.59. The normalized spacial score (nSPS) is 10.2. The lowest BCUT2D eigenvalue weighted by molar-refractivity contribution is -0.119. The van der Waals surface area contributed by atoms with Gasteiger partial charge in [0.1, 0.15) is 18.2 Å². The van der Waals surface area contributed by atoms with Gasteiger partial charge in [0.25, 0.3) is 5.91 Å². The SMILES string of the molecule is O=C(COC(=O)c1ccc(COc2ccccc2)cc1)Nc1ccc(F)cc1. The molecule has 0 aliphatic heterocycles. The fourth-order valence-corrected chi connectivity index (χ4v) is 2.37. The highest BCUT2D eigenvalue weighted by molar-refractivity contribution is 5.95. The van der Waals surface area contributed by atoms with Crippen molar-refractivity contribution in [2.24, 2.45) is 0 Å². The van der Waals surface area contributed by atoms with Gasteiger partial charge < -0.3 is 14.8 Å². The molecule has 0 fully saturated rings. The van der Waals surface area contributed by atoms with Crippen LogP contribution in [-0.4, -0.2) is 18.5 Å². The van der Waals surface area contributed by atoms with E-state index in [9.17, 15) is 14.0 Å². The summed E-state index contributed by atoms with van der Waals surface area (Å²) < 4.78 is 23.5. The zero-order chi connectivity index (χ0) is 19.8. The molecule has 6 heteroatoms. The number of anilines is 1. The van der Waals surface area contributed by atoms with E-state index in [1.165, 1.54) is 24.3 Å². The van der Waals surface area contributed by atoms with Crippen LogP contribution in [0.4, 0.5) is 10.1 Å². The van der Waals surface area contributed by atoms with Crippen molar-refractivity contribution in [1.29, 1.82) is 0 Å². The van der Waals surface area contributed by atoms with Crippen molar-refractivity contribution in [2.45, 2.75) is 6.61 Å². The number of hydrogen-bond acceptors (Lipinski definition) is 4. The van der Waals surface area contributed by atoms with Crippen molar-refractivity contribution in [3.8, 4) is 5.75 Å². The molecule has 142 valence electrons. The molecular weight excluding hydrogens is 361 g/mol. The average molecular weight is 379 g/mol. The van der Waals surface area contributed by atoms with Gasteiger partial charge in [0, 0.05) is 5.69 Å². The van der Waals surface area contributed by atoms with E-state index in [1.54, 1.807) is 24.3 Å². The number of nitrogens with one attached hydrogen (secondary N) is 1. The summed E-state index contributed by atoms with van der Waals surface area (Å²) in [5.74, 6) is -0.752. The Labute approximate surface area is 161 Å². The maximum atomic E-state index is 12.8. The maximum Gasteiger partial charge on any atom is 0.338 e. The van der Waals surface area contributed by atoms with E-state index >= 15 is 0 Å². The Morgan fingerprint density at radius 1 is 0.857 bits per heavy atom. The van der Waals surface area contributed by atoms with Crippen LogP contribution in [0.15, 0.2) is 78.9 Å². The van der Waals surface area contributed by atoms with Crippen LogP contribution in [0, 0.1) is 5.82 Å². The molecule has 0 bridgehead atoms. The van der Waals surface area contributed by atoms with Crippen molar-refractivity contribution in [3.63, 3.8) is 0 Å². The van der Waals surface area contributed by atoms with E-state index < -0.39 is 24.3 Å². The zero-order valence-electron chi connectivity index (χ0n) is 14.9.